The van der Waals surface area contributed by atoms with Gasteiger partial charge in [-0.25, -0.2) is 0 Å². The van der Waals surface area contributed by atoms with Gasteiger partial charge in [0.1, 0.15) is 5.65 Å². The summed E-state index contributed by atoms with van der Waals surface area (Å²) in [6, 6.07) is 9.55. The molecule has 9 heteroatoms. The van der Waals surface area contributed by atoms with Gasteiger partial charge in [0.05, 0.1) is 32.6 Å². The summed E-state index contributed by atoms with van der Waals surface area (Å²) in [6.45, 7) is 1.69. The molecule has 1 aromatic carbocycles. The van der Waals surface area contributed by atoms with Gasteiger partial charge in [-0.05, 0) is 56.3 Å². The van der Waals surface area contributed by atoms with E-state index in [2.05, 4.69) is 47.8 Å². The first-order valence-electron chi connectivity index (χ1n) is 8.95. The summed E-state index contributed by atoms with van der Waals surface area (Å²) in [5.74, 6) is 0.571. The van der Waals surface area contributed by atoms with Gasteiger partial charge in [-0.3, -0.25) is 9.36 Å². The van der Waals surface area contributed by atoms with Gasteiger partial charge >= 0.3 is 0 Å². The lowest BCUT2D eigenvalue weighted by atomic mass is 10.1. The van der Waals surface area contributed by atoms with Gasteiger partial charge in [-0.2, -0.15) is 10.2 Å². The van der Waals surface area contributed by atoms with E-state index in [1.165, 1.54) is 0 Å². The Labute approximate surface area is 178 Å². The number of halogens is 2. The van der Waals surface area contributed by atoms with Crippen molar-refractivity contribution in [2.45, 2.75) is 25.4 Å². The van der Waals surface area contributed by atoms with Crippen LogP contribution >= 0.6 is 31.9 Å². The van der Waals surface area contributed by atoms with Crippen LogP contribution in [-0.4, -0.2) is 33.7 Å². The number of anilines is 1. The molecular weight excluding hydrogens is 488 g/mol. The molecule has 1 saturated heterocycles. The number of nitriles is 1. The number of aromatic nitrogens is 3. The summed E-state index contributed by atoms with van der Waals surface area (Å²) < 4.78 is 2.95. The zero-order valence-electron chi connectivity index (χ0n) is 15.0. The Morgan fingerprint density at radius 2 is 2.14 bits per heavy atom. The van der Waals surface area contributed by atoms with Crippen LogP contribution in [0.2, 0.25) is 0 Å². The number of hydrogen-bond acceptors (Lipinski definition) is 5. The normalized spacial score (nSPS) is 17.1. The largest absolute Gasteiger partial charge is 0.341 e. The van der Waals surface area contributed by atoms with Crippen LogP contribution in [-0.2, 0) is 6.54 Å². The van der Waals surface area contributed by atoms with E-state index in [0.29, 0.717) is 38.2 Å². The molecule has 0 amide bonds. The Balaban J connectivity index is 1.92. The quantitative estimate of drug-likeness (QED) is 0.569. The lowest BCUT2D eigenvalue weighted by molar-refractivity contribution is 0.491. The minimum atomic E-state index is -0.166. The van der Waals surface area contributed by atoms with Crippen molar-refractivity contribution in [3.8, 4) is 6.07 Å². The summed E-state index contributed by atoms with van der Waals surface area (Å²) in [5, 5.41) is 9.92. The molecule has 1 atom stereocenters. The van der Waals surface area contributed by atoms with Crippen LogP contribution in [0.5, 0.6) is 0 Å². The third kappa shape index (κ3) is 3.36. The van der Waals surface area contributed by atoms with Crippen molar-refractivity contribution in [3.63, 3.8) is 0 Å². The molecule has 0 radical (unpaired) electrons. The summed E-state index contributed by atoms with van der Waals surface area (Å²) in [4.78, 5) is 23.4. The van der Waals surface area contributed by atoms with Crippen molar-refractivity contribution in [1.82, 2.24) is 14.5 Å². The molecule has 0 bridgehead atoms. The SMILES string of the molecule is N#Cc1ccccc1Cn1c(N2CCC[C@@H](N)C2)nc2[nH]c(Br)c(Br)c2c1=O. The smallest absolute Gasteiger partial charge is 0.265 e. The number of rotatable bonds is 3. The number of H-pyrrole nitrogens is 1. The molecule has 7 nitrogen and oxygen atoms in total. The maximum atomic E-state index is 13.4. The van der Waals surface area contributed by atoms with Crippen molar-refractivity contribution in [2.75, 3.05) is 18.0 Å². The Morgan fingerprint density at radius 1 is 1.36 bits per heavy atom. The molecule has 28 heavy (non-hydrogen) atoms. The lowest BCUT2D eigenvalue weighted by Crippen LogP contribution is -2.45. The second kappa shape index (κ2) is 7.70. The number of benzene rings is 1. The van der Waals surface area contributed by atoms with E-state index in [0.717, 1.165) is 24.9 Å². The number of hydrogen-bond donors (Lipinski definition) is 2. The number of fused-ring (bicyclic) bond motifs is 1. The highest BCUT2D eigenvalue weighted by Crippen LogP contribution is 2.30. The average molecular weight is 506 g/mol. The topological polar surface area (TPSA) is 104 Å². The minimum Gasteiger partial charge on any atom is -0.341 e. The van der Waals surface area contributed by atoms with Crippen molar-refractivity contribution in [3.05, 3.63) is 54.8 Å². The van der Waals surface area contributed by atoms with Crippen LogP contribution < -0.4 is 16.2 Å². The van der Waals surface area contributed by atoms with Crippen LogP contribution in [0.4, 0.5) is 5.95 Å². The molecule has 0 spiro atoms. The average Bonchev–Trinajstić information content (AvgIpc) is 2.98. The van der Waals surface area contributed by atoms with Crippen molar-refractivity contribution >= 4 is 48.8 Å². The molecule has 3 heterocycles. The summed E-state index contributed by atoms with van der Waals surface area (Å²) in [5.41, 5.74) is 7.84. The first-order chi connectivity index (χ1) is 13.5. The van der Waals surface area contributed by atoms with Crippen molar-refractivity contribution in [1.29, 1.82) is 5.26 Å². The van der Waals surface area contributed by atoms with Crippen LogP contribution in [0.25, 0.3) is 11.0 Å². The first kappa shape index (κ1) is 19.2. The molecule has 2 aromatic heterocycles. The fourth-order valence-corrected chi connectivity index (χ4v) is 4.46. The summed E-state index contributed by atoms with van der Waals surface area (Å²) in [6.07, 6.45) is 1.90. The third-order valence-corrected chi connectivity index (χ3v) is 6.92. The van der Waals surface area contributed by atoms with Gasteiger partial charge in [-0.15, -0.1) is 0 Å². The monoisotopic (exact) mass is 504 g/mol. The van der Waals surface area contributed by atoms with E-state index in [1.54, 1.807) is 10.6 Å². The molecule has 3 N–H and O–H groups in total. The minimum absolute atomic E-state index is 0.0447. The highest BCUT2D eigenvalue weighted by Gasteiger charge is 2.25. The number of nitrogens with two attached hydrogens (primary N) is 1. The van der Waals surface area contributed by atoms with Gasteiger partial charge in [0.15, 0.2) is 0 Å². The number of nitrogens with zero attached hydrogens (tertiary/aromatic N) is 4. The van der Waals surface area contributed by atoms with Crippen molar-refractivity contribution in [2.24, 2.45) is 5.73 Å². The predicted molar refractivity (Wildman–Crippen MR) is 115 cm³/mol. The molecule has 144 valence electrons. The first-order valence-corrected chi connectivity index (χ1v) is 10.5. The maximum absolute atomic E-state index is 13.4. The third-order valence-electron chi connectivity index (χ3n) is 5.00. The maximum Gasteiger partial charge on any atom is 0.265 e. The molecular formula is C19H18Br2N6O. The summed E-state index contributed by atoms with van der Waals surface area (Å²) in [7, 11) is 0. The zero-order chi connectivity index (χ0) is 19.8. The Bertz CT molecular complexity index is 1150. The van der Waals surface area contributed by atoms with Gasteiger partial charge in [0.25, 0.3) is 5.56 Å². The van der Waals surface area contributed by atoms with Gasteiger partial charge < -0.3 is 15.6 Å². The molecule has 0 saturated carbocycles. The molecule has 0 aliphatic carbocycles. The van der Waals surface area contributed by atoms with E-state index in [9.17, 15) is 10.1 Å². The second-order valence-corrected chi connectivity index (χ2v) is 8.48. The van der Waals surface area contributed by atoms with E-state index in [-0.39, 0.29) is 18.1 Å². The van der Waals surface area contributed by atoms with Gasteiger partial charge in [0.2, 0.25) is 5.95 Å². The Hall–Kier alpha value is -2.15. The van der Waals surface area contributed by atoms with Crippen LogP contribution in [0.3, 0.4) is 0 Å². The molecule has 3 aromatic rings. The predicted octanol–water partition coefficient (Wildman–Crippen LogP) is 3.10. The van der Waals surface area contributed by atoms with Crippen LogP contribution in [0, 0.1) is 11.3 Å². The fourth-order valence-electron chi connectivity index (χ4n) is 3.61. The second-order valence-electron chi connectivity index (χ2n) is 6.90. The molecule has 1 aliphatic rings. The highest BCUT2D eigenvalue weighted by atomic mass is 79.9. The fraction of sp³-hybridized carbons (Fsp3) is 0.316. The van der Waals surface area contributed by atoms with Gasteiger partial charge in [-0.1, -0.05) is 18.2 Å². The number of piperidine rings is 1. The summed E-state index contributed by atoms with van der Waals surface area (Å²) >= 11 is 6.88. The van der Waals surface area contributed by atoms with E-state index in [4.69, 9.17) is 10.7 Å². The zero-order valence-corrected chi connectivity index (χ0v) is 18.1. The van der Waals surface area contributed by atoms with Crippen LogP contribution in [0.1, 0.15) is 24.0 Å². The molecule has 4 rings (SSSR count). The highest BCUT2D eigenvalue weighted by molar-refractivity contribution is 9.13. The molecule has 1 fully saturated rings. The Kier molecular flexibility index (Phi) is 5.27. The van der Waals surface area contributed by atoms with Crippen molar-refractivity contribution < 1.29 is 0 Å². The van der Waals surface area contributed by atoms with Gasteiger partial charge in [0, 0.05) is 19.1 Å². The number of nitrogens with one attached hydrogen (secondary N) is 1. The standard InChI is InChI=1S/C19H18Br2N6O/c20-15-14-17(24-16(15)21)25-19(26-7-3-6-13(23)10-26)27(18(14)28)9-12-5-2-1-4-11(12)8-22/h1-2,4-5,13,24H,3,6-7,9-10,23H2/t13-/m1/s1. The lowest BCUT2D eigenvalue weighted by Gasteiger charge is -2.33. The Morgan fingerprint density at radius 3 is 2.89 bits per heavy atom. The van der Waals surface area contributed by atoms with E-state index in [1.807, 2.05) is 18.2 Å². The van der Waals surface area contributed by atoms with Crippen LogP contribution in [0.15, 0.2) is 38.1 Å². The molecule has 1 aliphatic heterocycles. The molecule has 0 unspecified atom stereocenters. The van der Waals surface area contributed by atoms with E-state index < -0.39 is 0 Å². The number of aromatic amines is 1. The van der Waals surface area contributed by atoms with E-state index >= 15 is 0 Å².